The zero-order valence-corrected chi connectivity index (χ0v) is 20.6. The number of anilines is 1. The molecule has 0 unspecified atom stereocenters. The Morgan fingerprint density at radius 1 is 1.06 bits per heavy atom. The maximum absolute atomic E-state index is 12.5. The Kier molecular flexibility index (Phi) is 6.13. The number of carbonyl (C=O) groups is 1. The Labute approximate surface area is 188 Å². The number of hydrogen-bond donors (Lipinski definition) is 1. The van der Waals surface area contributed by atoms with E-state index in [1.165, 1.54) is 5.57 Å². The van der Waals surface area contributed by atoms with E-state index in [0.29, 0.717) is 5.41 Å². The van der Waals surface area contributed by atoms with Crippen molar-refractivity contribution >= 4 is 29.9 Å². The van der Waals surface area contributed by atoms with Gasteiger partial charge in [0.05, 0.1) is 16.9 Å². The first kappa shape index (κ1) is 23.9. The highest BCUT2D eigenvalue weighted by atomic mass is 16.7. The van der Waals surface area contributed by atoms with Crippen LogP contribution in [0.5, 0.6) is 0 Å². The summed E-state index contributed by atoms with van der Waals surface area (Å²) in [6.45, 7) is 18.4. The number of rotatable bonds is 3. The van der Waals surface area contributed by atoms with Gasteiger partial charge in [0.25, 0.3) is 0 Å². The van der Waals surface area contributed by atoms with E-state index < -0.39 is 30.0 Å². The molecule has 1 aliphatic heterocycles. The lowest BCUT2D eigenvalue weighted by Crippen LogP contribution is -2.41. The minimum atomic E-state index is -0.555. The normalized spacial score (nSPS) is 22.1. The predicted octanol–water partition coefficient (Wildman–Crippen LogP) is 5.93. The Hall–Kier alpha value is -1.79. The standard InChI is InChI=1S/C25H38BNO4/c1-22(2,3)29-21(28)27-20-11-10-18(26-30-24(6,7)25(8,9)31-26)16-19(20)17-12-14-23(4,5)15-13-17/h10-12,16H,13-15H2,1-9H3,(H,27,28). The smallest absolute Gasteiger partial charge is 0.444 e. The second-order valence-electron chi connectivity index (χ2n) is 11.6. The topological polar surface area (TPSA) is 56.8 Å². The third-order valence-corrected chi connectivity index (χ3v) is 6.52. The van der Waals surface area contributed by atoms with Gasteiger partial charge in [-0.1, -0.05) is 32.1 Å². The summed E-state index contributed by atoms with van der Waals surface area (Å²) in [6, 6.07) is 5.99. The predicted molar refractivity (Wildman–Crippen MR) is 128 cm³/mol. The van der Waals surface area contributed by atoms with Gasteiger partial charge in [0.15, 0.2) is 0 Å². The van der Waals surface area contributed by atoms with E-state index in [9.17, 15) is 4.79 Å². The summed E-state index contributed by atoms with van der Waals surface area (Å²) < 4.78 is 18.0. The lowest BCUT2D eigenvalue weighted by Gasteiger charge is -2.32. The van der Waals surface area contributed by atoms with Gasteiger partial charge in [-0.3, -0.25) is 5.32 Å². The van der Waals surface area contributed by atoms with Gasteiger partial charge in [-0.05, 0) is 90.2 Å². The minimum Gasteiger partial charge on any atom is -0.444 e. The van der Waals surface area contributed by atoms with Crippen LogP contribution in [0.4, 0.5) is 10.5 Å². The van der Waals surface area contributed by atoms with Crippen molar-refractivity contribution in [1.82, 2.24) is 0 Å². The fourth-order valence-electron chi connectivity index (χ4n) is 3.80. The van der Waals surface area contributed by atoms with Crippen LogP contribution in [0.2, 0.25) is 0 Å². The van der Waals surface area contributed by atoms with Gasteiger partial charge in [0, 0.05) is 5.56 Å². The van der Waals surface area contributed by atoms with Crippen molar-refractivity contribution in [2.75, 3.05) is 5.32 Å². The molecule has 1 fully saturated rings. The third kappa shape index (κ3) is 5.53. The van der Waals surface area contributed by atoms with E-state index in [2.05, 4.69) is 59.0 Å². The first-order valence-corrected chi connectivity index (χ1v) is 11.3. The summed E-state index contributed by atoms with van der Waals surface area (Å²) in [4.78, 5) is 12.5. The van der Waals surface area contributed by atoms with Crippen LogP contribution < -0.4 is 10.8 Å². The van der Waals surface area contributed by atoms with Gasteiger partial charge in [-0.15, -0.1) is 0 Å². The number of benzene rings is 1. The largest absolute Gasteiger partial charge is 0.494 e. The summed E-state index contributed by atoms with van der Waals surface area (Å²) in [5.41, 5.74) is 2.89. The number of hydrogen-bond acceptors (Lipinski definition) is 4. The van der Waals surface area contributed by atoms with Crippen molar-refractivity contribution < 1.29 is 18.8 Å². The van der Waals surface area contributed by atoms with Crippen LogP contribution in [0.15, 0.2) is 24.3 Å². The van der Waals surface area contributed by atoms with Gasteiger partial charge < -0.3 is 14.0 Å². The quantitative estimate of drug-likeness (QED) is 0.608. The van der Waals surface area contributed by atoms with E-state index in [1.54, 1.807) is 0 Å². The molecule has 5 nitrogen and oxygen atoms in total. The number of nitrogens with one attached hydrogen (secondary N) is 1. The summed E-state index contributed by atoms with van der Waals surface area (Å²) in [6.07, 6.45) is 4.92. The van der Waals surface area contributed by atoms with Crippen molar-refractivity contribution in [3.8, 4) is 0 Å². The Morgan fingerprint density at radius 2 is 1.68 bits per heavy atom. The van der Waals surface area contributed by atoms with Crippen molar-refractivity contribution in [3.63, 3.8) is 0 Å². The second kappa shape index (κ2) is 7.97. The zero-order chi connectivity index (χ0) is 23.2. The highest BCUT2D eigenvalue weighted by Crippen LogP contribution is 2.40. The summed E-state index contributed by atoms with van der Waals surface area (Å²) in [5, 5.41) is 2.95. The molecule has 1 N–H and O–H groups in total. The fraction of sp³-hybridized carbons (Fsp3) is 0.640. The third-order valence-electron chi connectivity index (χ3n) is 6.52. The Morgan fingerprint density at radius 3 is 2.19 bits per heavy atom. The van der Waals surface area contributed by atoms with Crippen molar-refractivity contribution in [3.05, 3.63) is 29.8 Å². The van der Waals surface area contributed by atoms with E-state index in [1.807, 2.05) is 32.9 Å². The Balaban J connectivity index is 1.95. The molecule has 0 atom stereocenters. The second-order valence-corrected chi connectivity index (χ2v) is 11.6. The maximum atomic E-state index is 12.5. The molecule has 1 heterocycles. The van der Waals surface area contributed by atoms with Gasteiger partial charge >= 0.3 is 13.2 Å². The number of ether oxygens (including phenoxy) is 1. The van der Waals surface area contributed by atoms with Crippen LogP contribution in [0.25, 0.3) is 5.57 Å². The molecule has 6 heteroatoms. The van der Waals surface area contributed by atoms with E-state index in [-0.39, 0.29) is 0 Å². The number of amides is 1. The molecule has 0 spiro atoms. The molecule has 0 saturated carbocycles. The minimum absolute atomic E-state index is 0.297. The number of carbonyl (C=O) groups excluding carboxylic acids is 1. The van der Waals surface area contributed by atoms with Gasteiger partial charge in [-0.2, -0.15) is 0 Å². The molecule has 3 rings (SSSR count). The SMILES string of the molecule is CC1(C)CC=C(c2cc(B3OC(C)(C)C(C)(C)O3)ccc2NC(=O)OC(C)(C)C)CC1. The van der Waals surface area contributed by atoms with Crippen LogP contribution in [-0.4, -0.2) is 30.0 Å². The molecule has 1 amide bonds. The van der Waals surface area contributed by atoms with Crippen molar-refractivity contribution in [1.29, 1.82) is 0 Å². The van der Waals surface area contributed by atoms with E-state index >= 15 is 0 Å². The van der Waals surface area contributed by atoms with E-state index in [4.69, 9.17) is 14.0 Å². The average molecular weight is 427 g/mol. The molecule has 0 aromatic heterocycles. The summed E-state index contributed by atoms with van der Waals surface area (Å²) >= 11 is 0. The molecule has 1 aromatic rings. The monoisotopic (exact) mass is 427 g/mol. The number of allylic oxidation sites excluding steroid dienone is 2. The van der Waals surface area contributed by atoms with Crippen LogP contribution in [0.1, 0.15) is 87.1 Å². The molecule has 170 valence electrons. The van der Waals surface area contributed by atoms with Crippen LogP contribution >= 0.6 is 0 Å². The van der Waals surface area contributed by atoms with Gasteiger partial charge in [0.2, 0.25) is 0 Å². The van der Waals surface area contributed by atoms with Crippen LogP contribution in [-0.2, 0) is 14.0 Å². The Bertz CT molecular complexity index is 864. The molecule has 0 radical (unpaired) electrons. The molecule has 2 aliphatic rings. The molecular formula is C25H38BNO4. The molecule has 0 bridgehead atoms. The first-order valence-electron chi connectivity index (χ1n) is 11.3. The first-order chi connectivity index (χ1) is 14.1. The van der Waals surface area contributed by atoms with E-state index in [0.717, 1.165) is 36.0 Å². The van der Waals surface area contributed by atoms with Crippen molar-refractivity contribution in [2.24, 2.45) is 5.41 Å². The van der Waals surface area contributed by atoms with Crippen molar-refractivity contribution in [2.45, 2.75) is 98.4 Å². The lowest BCUT2D eigenvalue weighted by molar-refractivity contribution is 0.00578. The molecular weight excluding hydrogens is 389 g/mol. The van der Waals surface area contributed by atoms with Crippen LogP contribution in [0, 0.1) is 5.41 Å². The van der Waals surface area contributed by atoms with Gasteiger partial charge in [-0.25, -0.2) is 4.79 Å². The molecule has 31 heavy (non-hydrogen) atoms. The van der Waals surface area contributed by atoms with Gasteiger partial charge in [0.1, 0.15) is 5.60 Å². The lowest BCUT2D eigenvalue weighted by atomic mass is 9.74. The highest BCUT2D eigenvalue weighted by Gasteiger charge is 2.51. The molecule has 1 aliphatic carbocycles. The molecule has 1 aromatic carbocycles. The summed E-state index contributed by atoms with van der Waals surface area (Å²) in [7, 11) is -0.444. The fourth-order valence-corrected chi connectivity index (χ4v) is 3.80. The molecule has 1 saturated heterocycles. The zero-order valence-electron chi connectivity index (χ0n) is 20.6. The maximum Gasteiger partial charge on any atom is 0.494 e. The average Bonchev–Trinajstić information content (AvgIpc) is 2.81. The van der Waals surface area contributed by atoms with Crippen LogP contribution in [0.3, 0.4) is 0 Å². The highest BCUT2D eigenvalue weighted by molar-refractivity contribution is 6.62. The summed E-state index contributed by atoms with van der Waals surface area (Å²) in [5.74, 6) is 0.